The van der Waals surface area contributed by atoms with Gasteiger partial charge in [0, 0.05) is 37.6 Å². The molecule has 1 aromatic rings. The lowest BCUT2D eigenvalue weighted by Crippen LogP contribution is -2.09. The standard InChI is InChI=1S/C13H18N2O2/c1-10(13(16)17)7-8-14-11-5-4-6-12(9-11)15(2)3/h4-7,9,14H,8H2,1-3H3,(H,16,17)/b10-7-. The molecule has 0 heterocycles. The number of anilines is 2. The summed E-state index contributed by atoms with van der Waals surface area (Å²) in [4.78, 5) is 12.6. The summed E-state index contributed by atoms with van der Waals surface area (Å²) in [7, 11) is 3.96. The summed E-state index contributed by atoms with van der Waals surface area (Å²) in [5.74, 6) is -0.881. The molecule has 0 atom stereocenters. The molecular formula is C13H18N2O2. The number of carboxylic acid groups (broad SMARTS) is 1. The van der Waals surface area contributed by atoms with Gasteiger partial charge in [-0.2, -0.15) is 0 Å². The zero-order chi connectivity index (χ0) is 12.8. The predicted molar refractivity (Wildman–Crippen MR) is 70.7 cm³/mol. The van der Waals surface area contributed by atoms with E-state index in [-0.39, 0.29) is 0 Å². The van der Waals surface area contributed by atoms with Gasteiger partial charge in [0.1, 0.15) is 0 Å². The third-order valence-electron chi connectivity index (χ3n) is 2.41. The molecule has 0 fully saturated rings. The minimum atomic E-state index is -0.881. The zero-order valence-electron chi connectivity index (χ0n) is 10.4. The second kappa shape index (κ2) is 5.94. The maximum atomic E-state index is 10.6. The molecule has 1 aromatic carbocycles. The van der Waals surface area contributed by atoms with E-state index >= 15 is 0 Å². The van der Waals surface area contributed by atoms with Gasteiger partial charge in [0.05, 0.1) is 0 Å². The van der Waals surface area contributed by atoms with Crippen LogP contribution >= 0.6 is 0 Å². The SMILES string of the molecule is C/C(=C/CNc1cccc(N(C)C)c1)C(=O)O. The third kappa shape index (κ3) is 4.18. The Morgan fingerprint density at radius 3 is 2.76 bits per heavy atom. The van der Waals surface area contributed by atoms with E-state index in [1.807, 2.05) is 43.3 Å². The maximum Gasteiger partial charge on any atom is 0.331 e. The van der Waals surface area contributed by atoms with E-state index in [0.29, 0.717) is 12.1 Å². The summed E-state index contributed by atoms with van der Waals surface area (Å²) in [6, 6.07) is 7.95. The number of benzene rings is 1. The molecule has 0 bridgehead atoms. The molecule has 0 saturated heterocycles. The van der Waals surface area contributed by atoms with Gasteiger partial charge in [-0.3, -0.25) is 0 Å². The van der Waals surface area contributed by atoms with E-state index in [2.05, 4.69) is 5.32 Å². The molecular weight excluding hydrogens is 216 g/mol. The van der Waals surface area contributed by atoms with Gasteiger partial charge < -0.3 is 15.3 Å². The number of hydrogen-bond acceptors (Lipinski definition) is 3. The summed E-state index contributed by atoms with van der Waals surface area (Å²) in [6.45, 7) is 2.09. The summed E-state index contributed by atoms with van der Waals surface area (Å²) >= 11 is 0. The first-order chi connectivity index (χ1) is 8.00. The van der Waals surface area contributed by atoms with Gasteiger partial charge >= 0.3 is 5.97 Å². The summed E-state index contributed by atoms with van der Waals surface area (Å²) in [5, 5.41) is 11.9. The number of aliphatic carboxylic acids is 1. The van der Waals surface area contributed by atoms with Crippen molar-refractivity contribution in [3.05, 3.63) is 35.9 Å². The molecule has 0 amide bonds. The zero-order valence-corrected chi connectivity index (χ0v) is 10.4. The maximum absolute atomic E-state index is 10.6. The van der Waals surface area contributed by atoms with Crippen LogP contribution in [0.15, 0.2) is 35.9 Å². The van der Waals surface area contributed by atoms with Crippen LogP contribution in [0, 0.1) is 0 Å². The molecule has 0 aliphatic rings. The van der Waals surface area contributed by atoms with Crippen LogP contribution in [-0.2, 0) is 4.79 Å². The van der Waals surface area contributed by atoms with Crippen molar-refractivity contribution in [3.63, 3.8) is 0 Å². The van der Waals surface area contributed by atoms with Gasteiger partial charge in [-0.05, 0) is 25.1 Å². The molecule has 0 aliphatic heterocycles. The minimum absolute atomic E-state index is 0.348. The number of rotatable bonds is 5. The Hall–Kier alpha value is -1.97. The molecule has 17 heavy (non-hydrogen) atoms. The Labute approximate surface area is 102 Å². The van der Waals surface area contributed by atoms with Crippen LogP contribution < -0.4 is 10.2 Å². The van der Waals surface area contributed by atoms with E-state index in [9.17, 15) is 4.79 Å². The van der Waals surface area contributed by atoms with E-state index in [0.717, 1.165) is 11.4 Å². The Bertz CT molecular complexity index is 425. The van der Waals surface area contributed by atoms with Crippen molar-refractivity contribution in [2.24, 2.45) is 0 Å². The van der Waals surface area contributed by atoms with Crippen LogP contribution in [0.3, 0.4) is 0 Å². The third-order valence-corrected chi connectivity index (χ3v) is 2.41. The molecule has 0 radical (unpaired) electrons. The fourth-order valence-electron chi connectivity index (χ4n) is 1.30. The number of carboxylic acids is 1. The van der Waals surface area contributed by atoms with E-state index in [1.54, 1.807) is 13.0 Å². The van der Waals surface area contributed by atoms with Crippen molar-refractivity contribution in [1.29, 1.82) is 0 Å². The minimum Gasteiger partial charge on any atom is -0.478 e. The predicted octanol–water partition coefficient (Wildman–Crippen LogP) is 2.20. The molecule has 2 N–H and O–H groups in total. The molecule has 4 nitrogen and oxygen atoms in total. The topological polar surface area (TPSA) is 52.6 Å². The van der Waals surface area contributed by atoms with Crippen molar-refractivity contribution in [2.45, 2.75) is 6.92 Å². The van der Waals surface area contributed by atoms with Crippen molar-refractivity contribution >= 4 is 17.3 Å². The largest absolute Gasteiger partial charge is 0.478 e. The Morgan fingerprint density at radius 2 is 2.18 bits per heavy atom. The highest BCUT2D eigenvalue weighted by Gasteiger charge is 1.99. The summed E-state index contributed by atoms with van der Waals surface area (Å²) in [5.41, 5.74) is 2.43. The lowest BCUT2D eigenvalue weighted by molar-refractivity contribution is -0.132. The average Bonchev–Trinajstić information content (AvgIpc) is 2.29. The van der Waals surface area contributed by atoms with Crippen LogP contribution in [0.4, 0.5) is 11.4 Å². The molecule has 0 spiro atoms. The Balaban J connectivity index is 2.61. The highest BCUT2D eigenvalue weighted by Crippen LogP contribution is 2.16. The number of hydrogen-bond donors (Lipinski definition) is 2. The molecule has 0 saturated carbocycles. The van der Waals surface area contributed by atoms with Crippen molar-refractivity contribution in [2.75, 3.05) is 30.9 Å². The van der Waals surface area contributed by atoms with Gasteiger partial charge in [0.25, 0.3) is 0 Å². The Kier molecular flexibility index (Phi) is 4.57. The van der Waals surface area contributed by atoms with Crippen molar-refractivity contribution < 1.29 is 9.90 Å². The van der Waals surface area contributed by atoms with Crippen LogP contribution in [0.5, 0.6) is 0 Å². The first kappa shape index (κ1) is 13.1. The van der Waals surface area contributed by atoms with E-state index in [4.69, 9.17) is 5.11 Å². The van der Waals surface area contributed by atoms with Gasteiger partial charge in [-0.25, -0.2) is 4.79 Å². The molecule has 0 unspecified atom stereocenters. The second-order valence-corrected chi connectivity index (χ2v) is 4.02. The summed E-state index contributed by atoms with van der Waals surface area (Å²) in [6.07, 6.45) is 1.66. The monoisotopic (exact) mass is 234 g/mol. The molecule has 0 aliphatic carbocycles. The molecule has 1 rings (SSSR count). The van der Waals surface area contributed by atoms with Gasteiger partial charge in [0.15, 0.2) is 0 Å². The number of carbonyl (C=O) groups is 1. The fourth-order valence-corrected chi connectivity index (χ4v) is 1.30. The first-order valence-electron chi connectivity index (χ1n) is 5.42. The van der Waals surface area contributed by atoms with Gasteiger partial charge in [0.2, 0.25) is 0 Å². The average molecular weight is 234 g/mol. The van der Waals surface area contributed by atoms with Gasteiger partial charge in [-0.1, -0.05) is 12.1 Å². The highest BCUT2D eigenvalue weighted by atomic mass is 16.4. The van der Waals surface area contributed by atoms with Crippen molar-refractivity contribution in [1.82, 2.24) is 0 Å². The quantitative estimate of drug-likeness (QED) is 0.767. The van der Waals surface area contributed by atoms with E-state index in [1.165, 1.54) is 0 Å². The van der Waals surface area contributed by atoms with Crippen LogP contribution in [0.25, 0.3) is 0 Å². The molecule has 4 heteroatoms. The van der Waals surface area contributed by atoms with Crippen LogP contribution in [0.1, 0.15) is 6.92 Å². The van der Waals surface area contributed by atoms with E-state index < -0.39 is 5.97 Å². The fraction of sp³-hybridized carbons (Fsp3) is 0.308. The first-order valence-corrected chi connectivity index (χ1v) is 5.42. The normalized spacial score (nSPS) is 11.1. The number of nitrogens with one attached hydrogen (secondary N) is 1. The highest BCUT2D eigenvalue weighted by molar-refractivity contribution is 5.85. The molecule has 0 aromatic heterocycles. The second-order valence-electron chi connectivity index (χ2n) is 4.02. The van der Waals surface area contributed by atoms with Crippen LogP contribution in [0.2, 0.25) is 0 Å². The van der Waals surface area contributed by atoms with Gasteiger partial charge in [-0.15, -0.1) is 0 Å². The smallest absolute Gasteiger partial charge is 0.331 e. The lowest BCUT2D eigenvalue weighted by Gasteiger charge is -2.13. The van der Waals surface area contributed by atoms with Crippen molar-refractivity contribution in [3.8, 4) is 0 Å². The van der Waals surface area contributed by atoms with Crippen LogP contribution in [-0.4, -0.2) is 31.7 Å². The number of nitrogens with zero attached hydrogens (tertiary/aromatic N) is 1. The molecule has 92 valence electrons. The Morgan fingerprint density at radius 1 is 1.47 bits per heavy atom. The lowest BCUT2D eigenvalue weighted by atomic mass is 10.2. The summed E-state index contributed by atoms with van der Waals surface area (Å²) < 4.78 is 0.